The highest BCUT2D eigenvalue weighted by molar-refractivity contribution is 6.31. The van der Waals surface area contributed by atoms with Gasteiger partial charge in [-0.2, -0.15) is 0 Å². The van der Waals surface area contributed by atoms with Gasteiger partial charge in [-0.05, 0) is 60.7 Å². The lowest BCUT2D eigenvalue weighted by Gasteiger charge is -2.09. The third kappa shape index (κ3) is 4.14. The lowest BCUT2D eigenvalue weighted by Crippen LogP contribution is -2.04. The van der Waals surface area contributed by atoms with E-state index in [1.54, 1.807) is 69.9 Å². The topological polar surface area (TPSA) is 70.8 Å². The number of rotatable bonds is 7. The molecule has 6 nitrogen and oxygen atoms in total. The van der Waals surface area contributed by atoms with Gasteiger partial charge >= 0.3 is 0 Å². The first-order valence-corrected chi connectivity index (χ1v) is 9.61. The summed E-state index contributed by atoms with van der Waals surface area (Å²) < 4.78 is 21.9. The fraction of sp³-hybridized carbons (Fsp3) is 0.120. The second-order valence-corrected chi connectivity index (χ2v) is 6.71. The van der Waals surface area contributed by atoms with Crippen LogP contribution in [-0.2, 0) is 0 Å². The molecule has 0 unspecified atom stereocenters. The van der Waals surface area contributed by atoms with E-state index in [1.807, 2.05) is 24.3 Å². The number of ether oxygens (including phenoxy) is 3. The van der Waals surface area contributed by atoms with Crippen molar-refractivity contribution in [2.45, 2.75) is 0 Å². The van der Waals surface area contributed by atoms with E-state index in [1.165, 1.54) is 0 Å². The molecular formula is C25H21NO5. The van der Waals surface area contributed by atoms with Crippen molar-refractivity contribution in [2.24, 2.45) is 0 Å². The first-order chi connectivity index (χ1) is 15.1. The number of ketones is 1. The van der Waals surface area contributed by atoms with Crippen LogP contribution in [0.25, 0.3) is 22.7 Å². The number of benzene rings is 3. The molecule has 4 aromatic rings. The molecule has 0 saturated heterocycles. The van der Waals surface area contributed by atoms with Crippen LogP contribution in [0.3, 0.4) is 0 Å². The predicted octanol–water partition coefficient (Wildman–Crippen LogP) is 5.28. The molecule has 0 aliphatic carbocycles. The third-order valence-corrected chi connectivity index (χ3v) is 4.86. The summed E-state index contributed by atoms with van der Waals surface area (Å²) in [5.74, 6) is 1.89. The quantitative estimate of drug-likeness (QED) is 0.302. The van der Waals surface area contributed by atoms with Crippen LogP contribution in [0.1, 0.15) is 21.8 Å². The molecule has 0 fully saturated rings. The SMILES string of the molecule is COc1ccc(C(=O)C(=Cc2cc(OC)ccc2OC)c2nc3ccccc3o2)cc1. The van der Waals surface area contributed by atoms with Crippen molar-refractivity contribution in [3.8, 4) is 17.2 Å². The number of fused-ring (bicyclic) bond motifs is 1. The van der Waals surface area contributed by atoms with Gasteiger partial charge in [-0.25, -0.2) is 4.98 Å². The molecule has 0 aliphatic heterocycles. The van der Waals surface area contributed by atoms with Gasteiger partial charge < -0.3 is 18.6 Å². The zero-order valence-corrected chi connectivity index (χ0v) is 17.4. The Kier molecular flexibility index (Phi) is 5.71. The van der Waals surface area contributed by atoms with E-state index in [2.05, 4.69) is 4.98 Å². The maximum absolute atomic E-state index is 13.5. The predicted molar refractivity (Wildman–Crippen MR) is 119 cm³/mol. The van der Waals surface area contributed by atoms with Gasteiger partial charge in [0.2, 0.25) is 5.89 Å². The van der Waals surface area contributed by atoms with E-state index >= 15 is 0 Å². The summed E-state index contributed by atoms with van der Waals surface area (Å²) in [5, 5.41) is 0. The van der Waals surface area contributed by atoms with E-state index in [9.17, 15) is 4.79 Å². The van der Waals surface area contributed by atoms with E-state index in [4.69, 9.17) is 18.6 Å². The standard InChI is InChI=1S/C25H21NO5/c1-28-18-10-8-16(9-11-18)24(27)20(25-26-21-6-4-5-7-23(21)31-25)15-17-14-19(29-2)12-13-22(17)30-3/h4-15H,1-3H3. The van der Waals surface area contributed by atoms with Gasteiger partial charge in [0.25, 0.3) is 0 Å². The molecule has 156 valence electrons. The monoisotopic (exact) mass is 415 g/mol. The number of nitrogens with zero attached hydrogens (tertiary/aromatic N) is 1. The number of para-hydroxylation sites is 2. The van der Waals surface area contributed by atoms with Crippen LogP contribution in [0.4, 0.5) is 0 Å². The van der Waals surface area contributed by atoms with Crippen molar-refractivity contribution in [2.75, 3.05) is 21.3 Å². The Morgan fingerprint density at radius 3 is 2.26 bits per heavy atom. The second-order valence-electron chi connectivity index (χ2n) is 6.71. The summed E-state index contributed by atoms with van der Waals surface area (Å²) in [6.45, 7) is 0. The number of Topliss-reactive ketones (excluding diaryl/α,β-unsaturated/α-hetero) is 1. The van der Waals surface area contributed by atoms with Crippen LogP contribution in [0.5, 0.6) is 17.2 Å². The minimum absolute atomic E-state index is 0.229. The number of carbonyl (C=O) groups is 1. The summed E-state index contributed by atoms with van der Waals surface area (Å²) in [4.78, 5) is 18.0. The zero-order chi connectivity index (χ0) is 21.8. The first kappa shape index (κ1) is 20.2. The van der Waals surface area contributed by atoms with Crippen molar-refractivity contribution in [3.63, 3.8) is 0 Å². The smallest absolute Gasteiger partial charge is 0.231 e. The van der Waals surface area contributed by atoms with Gasteiger partial charge in [-0.1, -0.05) is 12.1 Å². The van der Waals surface area contributed by atoms with Crippen molar-refractivity contribution < 1.29 is 23.4 Å². The van der Waals surface area contributed by atoms with Crippen molar-refractivity contribution in [3.05, 3.63) is 83.7 Å². The van der Waals surface area contributed by atoms with E-state index in [0.717, 1.165) is 0 Å². The molecule has 1 heterocycles. The van der Waals surface area contributed by atoms with Crippen molar-refractivity contribution in [1.29, 1.82) is 0 Å². The molecule has 0 atom stereocenters. The number of carbonyl (C=O) groups excluding carboxylic acids is 1. The van der Waals surface area contributed by atoms with Crippen LogP contribution >= 0.6 is 0 Å². The fourth-order valence-corrected chi connectivity index (χ4v) is 3.22. The van der Waals surface area contributed by atoms with Gasteiger partial charge in [0.1, 0.15) is 22.8 Å². The molecule has 0 saturated carbocycles. The average molecular weight is 415 g/mol. The maximum Gasteiger partial charge on any atom is 0.231 e. The van der Waals surface area contributed by atoms with Crippen LogP contribution in [0, 0.1) is 0 Å². The van der Waals surface area contributed by atoms with Crippen molar-refractivity contribution >= 4 is 28.5 Å². The van der Waals surface area contributed by atoms with Gasteiger partial charge in [0.05, 0.1) is 26.9 Å². The van der Waals surface area contributed by atoms with Crippen LogP contribution in [0.2, 0.25) is 0 Å². The van der Waals surface area contributed by atoms with E-state index in [-0.39, 0.29) is 11.7 Å². The molecule has 6 heteroatoms. The molecule has 0 amide bonds. The molecule has 3 aromatic carbocycles. The van der Waals surface area contributed by atoms with Gasteiger partial charge in [0.15, 0.2) is 11.4 Å². The van der Waals surface area contributed by atoms with Gasteiger partial charge in [0, 0.05) is 11.1 Å². The maximum atomic E-state index is 13.5. The summed E-state index contributed by atoms with van der Waals surface area (Å²) in [5.41, 5.74) is 2.72. The average Bonchev–Trinajstić information content (AvgIpc) is 3.26. The highest BCUT2D eigenvalue weighted by atomic mass is 16.5. The Morgan fingerprint density at radius 1 is 0.871 bits per heavy atom. The minimum atomic E-state index is -0.237. The number of aromatic nitrogens is 1. The molecule has 31 heavy (non-hydrogen) atoms. The molecule has 4 rings (SSSR count). The molecule has 0 radical (unpaired) electrons. The summed E-state index contributed by atoms with van der Waals surface area (Å²) in [6, 6.07) is 19.6. The van der Waals surface area contributed by atoms with Gasteiger partial charge in [-0.3, -0.25) is 4.79 Å². The third-order valence-electron chi connectivity index (χ3n) is 4.86. The lowest BCUT2D eigenvalue weighted by atomic mass is 10.00. The number of hydrogen-bond donors (Lipinski definition) is 0. The van der Waals surface area contributed by atoms with E-state index < -0.39 is 0 Å². The summed E-state index contributed by atoms with van der Waals surface area (Å²) >= 11 is 0. The Labute approximate surface area is 179 Å². The van der Waals surface area contributed by atoms with Crippen LogP contribution in [-0.4, -0.2) is 32.1 Å². The largest absolute Gasteiger partial charge is 0.497 e. The zero-order valence-electron chi connectivity index (χ0n) is 17.4. The lowest BCUT2D eigenvalue weighted by molar-refractivity contribution is 0.105. The normalized spacial score (nSPS) is 11.4. The highest BCUT2D eigenvalue weighted by Gasteiger charge is 2.21. The number of oxazole rings is 1. The number of allylic oxidation sites excluding steroid dienone is 1. The van der Waals surface area contributed by atoms with Crippen molar-refractivity contribution in [1.82, 2.24) is 4.98 Å². The molecule has 0 N–H and O–H groups in total. The Bertz CT molecular complexity index is 1220. The summed E-state index contributed by atoms with van der Waals surface area (Å²) in [6.07, 6.45) is 1.71. The second kappa shape index (κ2) is 8.75. The fourth-order valence-electron chi connectivity index (χ4n) is 3.22. The van der Waals surface area contributed by atoms with E-state index in [0.29, 0.717) is 45.0 Å². The van der Waals surface area contributed by atoms with Crippen LogP contribution < -0.4 is 14.2 Å². The number of methoxy groups -OCH3 is 3. The molecule has 0 spiro atoms. The Hall–Kier alpha value is -4.06. The number of hydrogen-bond acceptors (Lipinski definition) is 6. The summed E-state index contributed by atoms with van der Waals surface area (Å²) in [7, 11) is 4.73. The van der Waals surface area contributed by atoms with Crippen LogP contribution in [0.15, 0.2) is 71.1 Å². The molecular weight excluding hydrogens is 394 g/mol. The first-order valence-electron chi connectivity index (χ1n) is 9.61. The molecule has 1 aromatic heterocycles. The molecule has 0 bridgehead atoms. The highest BCUT2D eigenvalue weighted by Crippen LogP contribution is 2.31. The Balaban J connectivity index is 1.88. The Morgan fingerprint density at radius 2 is 1.58 bits per heavy atom. The minimum Gasteiger partial charge on any atom is -0.497 e. The molecule has 0 aliphatic rings. The van der Waals surface area contributed by atoms with Gasteiger partial charge in [-0.15, -0.1) is 0 Å².